The number of amides is 1. The van der Waals surface area contributed by atoms with Gasteiger partial charge >= 0.3 is 0 Å². The molecule has 4 heterocycles. The van der Waals surface area contributed by atoms with E-state index in [1.54, 1.807) is 0 Å². The van der Waals surface area contributed by atoms with Crippen LogP contribution in [-0.2, 0) is 13.0 Å². The lowest BCUT2D eigenvalue weighted by molar-refractivity contribution is 0.0946. The molecule has 222 valence electrons. The number of fused-ring (bicyclic) bond motifs is 1. The number of rotatable bonds is 9. The highest BCUT2D eigenvalue weighted by molar-refractivity contribution is 6.05. The zero-order valence-corrected chi connectivity index (χ0v) is 25.7. The van der Waals surface area contributed by atoms with Crippen LogP contribution in [0, 0.1) is 6.92 Å². The van der Waals surface area contributed by atoms with Crippen LogP contribution < -0.4 is 15.8 Å². The number of pyridine rings is 2. The van der Waals surface area contributed by atoms with Crippen LogP contribution in [0.5, 0.6) is 0 Å². The van der Waals surface area contributed by atoms with Crippen molar-refractivity contribution in [3.8, 4) is 11.1 Å². The average Bonchev–Trinajstić information content (AvgIpc) is 3.36. The van der Waals surface area contributed by atoms with Crippen LogP contribution in [-0.4, -0.2) is 62.8 Å². The molecule has 0 aliphatic carbocycles. The third-order valence-corrected chi connectivity index (χ3v) is 8.17. The fourth-order valence-electron chi connectivity index (χ4n) is 5.81. The number of piperazine rings is 1. The first kappa shape index (κ1) is 29.5. The average molecular weight is 570 g/mol. The summed E-state index contributed by atoms with van der Waals surface area (Å²) in [6.07, 6.45) is 3.64. The zero-order valence-electron chi connectivity index (χ0n) is 25.7. The monoisotopic (exact) mass is 569 g/mol. The molecule has 5 rings (SSSR count). The number of nitrogens with one attached hydrogen (secondary N) is 2. The summed E-state index contributed by atoms with van der Waals surface area (Å²) in [6, 6.07) is 12.9. The summed E-state index contributed by atoms with van der Waals surface area (Å²) in [7, 11) is 0. The van der Waals surface area contributed by atoms with Gasteiger partial charge in [-0.05, 0) is 82.5 Å². The summed E-state index contributed by atoms with van der Waals surface area (Å²) >= 11 is 0. The van der Waals surface area contributed by atoms with E-state index < -0.39 is 0 Å². The van der Waals surface area contributed by atoms with E-state index in [1.165, 1.54) is 0 Å². The minimum absolute atomic E-state index is 0.0606. The Bertz CT molecular complexity index is 1610. The van der Waals surface area contributed by atoms with Crippen LogP contribution in [0.25, 0.3) is 22.0 Å². The Labute approximate surface area is 247 Å². The predicted molar refractivity (Wildman–Crippen MR) is 169 cm³/mol. The molecule has 9 heteroatoms. The van der Waals surface area contributed by atoms with Gasteiger partial charge in [0.05, 0.1) is 5.52 Å². The molecule has 1 amide bonds. The van der Waals surface area contributed by atoms with Gasteiger partial charge in [-0.15, -0.1) is 0 Å². The van der Waals surface area contributed by atoms with Gasteiger partial charge in [0.15, 0.2) is 5.69 Å². The molecule has 2 N–H and O–H groups in total. The Morgan fingerprint density at radius 1 is 1.00 bits per heavy atom. The van der Waals surface area contributed by atoms with Crippen molar-refractivity contribution >= 4 is 22.6 Å². The predicted octanol–water partition coefficient (Wildman–Crippen LogP) is 5.09. The summed E-state index contributed by atoms with van der Waals surface area (Å²) < 4.78 is 1.89. The summed E-state index contributed by atoms with van der Waals surface area (Å²) in [5.74, 6) is 0.710. The molecule has 42 heavy (non-hydrogen) atoms. The van der Waals surface area contributed by atoms with Gasteiger partial charge in [0.1, 0.15) is 5.82 Å². The van der Waals surface area contributed by atoms with Crippen LogP contribution in [0.1, 0.15) is 74.4 Å². The topological polar surface area (TPSA) is 99.1 Å². The van der Waals surface area contributed by atoms with Gasteiger partial charge < -0.3 is 15.2 Å². The van der Waals surface area contributed by atoms with Crippen molar-refractivity contribution in [3.05, 3.63) is 75.5 Å². The Hall–Kier alpha value is -3.98. The first-order valence-corrected chi connectivity index (χ1v) is 15.1. The standard InChI is InChI=1S/C33H43N7O2/c1-7-8-25-17-23(6)36-32(41)28(25)20-35-33(42)31-27-11-9-24(18-29(27)40(37-31)22(4)5)26-10-12-30(34-19-26)39-15-13-38(14-16-39)21(2)3/h9-12,17-19,21-22H,7-8,13-16,20H2,1-6H3,(H,35,42)(H,36,41). The minimum atomic E-state index is -0.293. The van der Waals surface area contributed by atoms with Gasteiger partial charge in [0.25, 0.3) is 11.5 Å². The SMILES string of the molecule is CCCc1cc(C)[nH]c(=O)c1CNC(=O)c1nn(C(C)C)c2cc(-c3ccc(N4CCN(C(C)C)CC4)nc3)ccc12. The second kappa shape index (κ2) is 12.5. The molecule has 0 bridgehead atoms. The van der Waals surface area contributed by atoms with Crippen LogP contribution in [0.15, 0.2) is 47.4 Å². The Morgan fingerprint density at radius 3 is 2.38 bits per heavy atom. The van der Waals surface area contributed by atoms with Crippen LogP contribution in [0.3, 0.4) is 0 Å². The molecule has 1 aliphatic rings. The van der Waals surface area contributed by atoms with Crippen molar-refractivity contribution in [2.75, 3.05) is 31.1 Å². The van der Waals surface area contributed by atoms with E-state index in [2.05, 4.69) is 72.9 Å². The molecule has 0 radical (unpaired) electrons. The van der Waals surface area contributed by atoms with E-state index in [1.807, 2.05) is 36.0 Å². The molecule has 4 aromatic rings. The van der Waals surface area contributed by atoms with Gasteiger partial charge in [-0.3, -0.25) is 19.2 Å². The van der Waals surface area contributed by atoms with Crippen molar-refractivity contribution < 1.29 is 4.79 Å². The molecule has 1 aliphatic heterocycles. The van der Waals surface area contributed by atoms with Crippen LogP contribution in [0.2, 0.25) is 0 Å². The molecule has 0 unspecified atom stereocenters. The molecule has 1 aromatic carbocycles. The lowest BCUT2D eigenvalue weighted by Gasteiger charge is -2.37. The third-order valence-electron chi connectivity index (χ3n) is 8.17. The molecular formula is C33H43N7O2. The van der Waals surface area contributed by atoms with Crippen molar-refractivity contribution in [1.82, 2.24) is 30.0 Å². The first-order chi connectivity index (χ1) is 20.2. The Kier molecular flexibility index (Phi) is 8.77. The van der Waals surface area contributed by atoms with Crippen molar-refractivity contribution in [1.29, 1.82) is 0 Å². The lowest BCUT2D eigenvalue weighted by atomic mass is 10.0. The number of aryl methyl sites for hydroxylation is 2. The van der Waals surface area contributed by atoms with Gasteiger partial charge in [-0.2, -0.15) is 5.10 Å². The molecule has 0 atom stereocenters. The first-order valence-electron chi connectivity index (χ1n) is 15.1. The van der Waals surface area contributed by atoms with Crippen molar-refractivity contribution in [3.63, 3.8) is 0 Å². The van der Waals surface area contributed by atoms with Gasteiger partial charge in [0.2, 0.25) is 0 Å². The van der Waals surface area contributed by atoms with E-state index >= 15 is 0 Å². The maximum atomic E-state index is 13.4. The summed E-state index contributed by atoms with van der Waals surface area (Å²) in [5, 5.41) is 8.46. The van der Waals surface area contributed by atoms with E-state index in [-0.39, 0.29) is 24.1 Å². The fourth-order valence-corrected chi connectivity index (χ4v) is 5.81. The highest BCUT2D eigenvalue weighted by Gasteiger charge is 2.22. The van der Waals surface area contributed by atoms with Crippen LogP contribution >= 0.6 is 0 Å². The lowest BCUT2D eigenvalue weighted by Crippen LogP contribution is -2.49. The van der Waals surface area contributed by atoms with Crippen molar-refractivity contribution in [2.24, 2.45) is 0 Å². The highest BCUT2D eigenvalue weighted by Crippen LogP contribution is 2.29. The number of nitrogens with zero attached hydrogens (tertiary/aromatic N) is 5. The zero-order chi connectivity index (χ0) is 30.0. The number of carbonyl (C=O) groups excluding carboxylic acids is 1. The summed E-state index contributed by atoms with van der Waals surface area (Å²) in [4.78, 5) is 38.6. The number of H-pyrrole nitrogens is 1. The largest absolute Gasteiger partial charge is 0.354 e. The molecule has 1 fully saturated rings. The normalized spacial score (nSPS) is 14.3. The number of benzene rings is 1. The fraction of sp³-hybridized carbons (Fsp3) is 0.455. The summed E-state index contributed by atoms with van der Waals surface area (Å²) in [6.45, 7) is 16.8. The summed E-state index contributed by atoms with van der Waals surface area (Å²) in [5.41, 5.74) is 5.54. The maximum absolute atomic E-state index is 13.4. The van der Waals surface area contributed by atoms with Gasteiger partial charge in [0, 0.05) is 73.2 Å². The highest BCUT2D eigenvalue weighted by atomic mass is 16.2. The van der Waals surface area contributed by atoms with E-state index in [4.69, 9.17) is 10.1 Å². The van der Waals surface area contributed by atoms with Crippen LogP contribution in [0.4, 0.5) is 5.82 Å². The second-order valence-corrected chi connectivity index (χ2v) is 11.9. The maximum Gasteiger partial charge on any atom is 0.272 e. The number of anilines is 1. The Morgan fingerprint density at radius 2 is 1.74 bits per heavy atom. The molecule has 9 nitrogen and oxygen atoms in total. The van der Waals surface area contributed by atoms with Gasteiger partial charge in [-0.25, -0.2) is 4.98 Å². The molecule has 0 saturated carbocycles. The molecule has 3 aromatic heterocycles. The number of hydrogen-bond donors (Lipinski definition) is 2. The van der Waals surface area contributed by atoms with E-state index in [0.29, 0.717) is 17.3 Å². The molecular weight excluding hydrogens is 526 g/mol. The van der Waals surface area contributed by atoms with E-state index in [0.717, 1.165) is 78.1 Å². The van der Waals surface area contributed by atoms with Gasteiger partial charge in [-0.1, -0.05) is 19.4 Å². The number of hydrogen-bond acceptors (Lipinski definition) is 6. The second-order valence-electron chi connectivity index (χ2n) is 11.9. The smallest absolute Gasteiger partial charge is 0.272 e. The molecule has 0 spiro atoms. The number of carbonyl (C=O) groups is 1. The molecule has 1 saturated heterocycles. The van der Waals surface area contributed by atoms with E-state index in [9.17, 15) is 9.59 Å². The van der Waals surface area contributed by atoms with Crippen molar-refractivity contribution in [2.45, 2.75) is 73.0 Å². The number of aromatic nitrogens is 4. The number of aromatic amines is 1. The quantitative estimate of drug-likeness (QED) is 0.291. The minimum Gasteiger partial charge on any atom is -0.354 e. The Balaban J connectivity index is 1.37. The third kappa shape index (κ3) is 6.11.